The molecule has 1 saturated heterocycles. The lowest BCUT2D eigenvalue weighted by Gasteiger charge is -2.40. The monoisotopic (exact) mass is 228 g/mol. The Morgan fingerprint density at radius 3 is 2.75 bits per heavy atom. The van der Waals surface area contributed by atoms with Crippen LogP contribution in [0.15, 0.2) is 0 Å². The Labute approximate surface area is 101 Å². The Kier molecular flexibility index (Phi) is 5.22. The molecule has 0 aromatic rings. The Bertz CT molecular complexity index is 206. The number of methoxy groups -OCH3 is 1. The zero-order chi connectivity index (χ0) is 12.2. The zero-order valence-corrected chi connectivity index (χ0v) is 11.5. The van der Waals surface area contributed by atoms with Crippen molar-refractivity contribution in [3.8, 4) is 0 Å². The van der Waals surface area contributed by atoms with Crippen molar-refractivity contribution in [3.63, 3.8) is 0 Å². The average molecular weight is 228 g/mol. The van der Waals surface area contributed by atoms with Crippen LogP contribution < -0.4 is 5.32 Å². The molecule has 0 aromatic carbocycles. The smallest absolute Gasteiger partial charge is 0.0698 e. The number of likely N-dealkylation sites (tertiary alicyclic amines) is 1. The van der Waals surface area contributed by atoms with Crippen LogP contribution in [0.1, 0.15) is 33.6 Å². The zero-order valence-electron chi connectivity index (χ0n) is 11.5. The molecule has 0 saturated carbocycles. The normalized spacial score (nSPS) is 25.7. The van der Waals surface area contributed by atoms with Crippen molar-refractivity contribution in [1.29, 1.82) is 0 Å². The maximum absolute atomic E-state index is 5.47. The van der Waals surface area contributed by atoms with E-state index in [-0.39, 0.29) is 0 Å². The van der Waals surface area contributed by atoms with Gasteiger partial charge in [0.15, 0.2) is 0 Å². The van der Waals surface area contributed by atoms with Crippen molar-refractivity contribution in [3.05, 3.63) is 0 Å². The Hall–Kier alpha value is -0.120. The van der Waals surface area contributed by atoms with E-state index in [2.05, 4.69) is 31.0 Å². The van der Waals surface area contributed by atoms with Gasteiger partial charge in [-0.3, -0.25) is 0 Å². The first-order chi connectivity index (χ1) is 7.49. The minimum atomic E-state index is 0.310. The van der Waals surface area contributed by atoms with Gasteiger partial charge in [-0.1, -0.05) is 13.8 Å². The van der Waals surface area contributed by atoms with Crippen LogP contribution in [-0.2, 0) is 4.74 Å². The maximum atomic E-state index is 5.47. The molecule has 3 nitrogen and oxygen atoms in total. The predicted molar refractivity (Wildman–Crippen MR) is 68.8 cm³/mol. The molecule has 0 amide bonds. The van der Waals surface area contributed by atoms with Crippen LogP contribution in [0.25, 0.3) is 0 Å². The summed E-state index contributed by atoms with van der Waals surface area (Å²) in [6, 6.07) is 0.537. The van der Waals surface area contributed by atoms with Gasteiger partial charge in [0.25, 0.3) is 0 Å². The Morgan fingerprint density at radius 2 is 2.19 bits per heavy atom. The molecule has 2 unspecified atom stereocenters. The van der Waals surface area contributed by atoms with Gasteiger partial charge in [0.1, 0.15) is 0 Å². The lowest BCUT2D eigenvalue weighted by atomic mass is 9.84. The molecule has 96 valence electrons. The van der Waals surface area contributed by atoms with Gasteiger partial charge < -0.3 is 15.0 Å². The van der Waals surface area contributed by atoms with E-state index < -0.39 is 0 Å². The number of piperidine rings is 1. The highest BCUT2D eigenvalue weighted by Gasteiger charge is 2.29. The molecule has 0 spiro atoms. The van der Waals surface area contributed by atoms with Crippen molar-refractivity contribution in [2.45, 2.75) is 45.8 Å². The number of hydrogen-bond acceptors (Lipinski definition) is 3. The lowest BCUT2D eigenvalue weighted by molar-refractivity contribution is 0.0145. The Balaban J connectivity index is 2.46. The molecule has 1 aliphatic rings. The van der Waals surface area contributed by atoms with Crippen LogP contribution in [0.4, 0.5) is 0 Å². The van der Waals surface area contributed by atoms with Crippen LogP contribution in [0, 0.1) is 5.41 Å². The highest BCUT2D eigenvalue weighted by molar-refractivity contribution is 4.85. The fraction of sp³-hybridized carbons (Fsp3) is 1.00. The third-order valence-electron chi connectivity index (χ3n) is 4.03. The quantitative estimate of drug-likeness (QED) is 0.775. The second-order valence-electron chi connectivity index (χ2n) is 5.73. The summed E-state index contributed by atoms with van der Waals surface area (Å²) < 4.78 is 5.47. The summed E-state index contributed by atoms with van der Waals surface area (Å²) in [6.07, 6.45) is 2.92. The molecule has 1 aliphatic heterocycles. The number of nitrogens with zero attached hydrogens (tertiary/aromatic N) is 1. The summed E-state index contributed by atoms with van der Waals surface area (Å²) in [4.78, 5) is 2.55. The SMILES string of the molecule is CNC(C)C(C)(C)CN1CCCC(OC)C1. The molecular weight excluding hydrogens is 200 g/mol. The molecule has 1 rings (SSSR count). The average Bonchev–Trinajstić information content (AvgIpc) is 2.27. The van der Waals surface area contributed by atoms with Crippen LogP contribution >= 0.6 is 0 Å². The summed E-state index contributed by atoms with van der Waals surface area (Å²) >= 11 is 0. The van der Waals surface area contributed by atoms with E-state index in [0.717, 1.165) is 13.1 Å². The van der Waals surface area contributed by atoms with Gasteiger partial charge in [-0.2, -0.15) is 0 Å². The van der Waals surface area contributed by atoms with Gasteiger partial charge in [-0.25, -0.2) is 0 Å². The van der Waals surface area contributed by atoms with Crippen LogP contribution in [0.2, 0.25) is 0 Å². The number of hydrogen-bond donors (Lipinski definition) is 1. The van der Waals surface area contributed by atoms with Gasteiger partial charge in [0.05, 0.1) is 6.10 Å². The first-order valence-electron chi connectivity index (χ1n) is 6.42. The summed E-state index contributed by atoms with van der Waals surface area (Å²) in [7, 11) is 3.87. The maximum Gasteiger partial charge on any atom is 0.0698 e. The minimum Gasteiger partial charge on any atom is -0.380 e. The summed E-state index contributed by atoms with van der Waals surface area (Å²) in [5.41, 5.74) is 0.310. The van der Waals surface area contributed by atoms with Crippen LogP contribution in [-0.4, -0.2) is 50.8 Å². The second kappa shape index (κ2) is 5.99. The minimum absolute atomic E-state index is 0.310. The van der Waals surface area contributed by atoms with E-state index in [0.29, 0.717) is 17.6 Å². The molecule has 0 aromatic heterocycles. The van der Waals surface area contributed by atoms with Crippen LogP contribution in [0.3, 0.4) is 0 Å². The fourth-order valence-electron chi connectivity index (χ4n) is 2.45. The van der Waals surface area contributed by atoms with Crippen molar-refractivity contribution >= 4 is 0 Å². The van der Waals surface area contributed by atoms with Crippen molar-refractivity contribution in [2.75, 3.05) is 33.8 Å². The second-order valence-corrected chi connectivity index (χ2v) is 5.73. The fourth-order valence-corrected chi connectivity index (χ4v) is 2.45. The molecule has 1 heterocycles. The van der Waals surface area contributed by atoms with Crippen molar-refractivity contribution in [2.24, 2.45) is 5.41 Å². The van der Waals surface area contributed by atoms with Gasteiger partial charge in [-0.15, -0.1) is 0 Å². The van der Waals surface area contributed by atoms with Crippen molar-refractivity contribution in [1.82, 2.24) is 10.2 Å². The van der Waals surface area contributed by atoms with E-state index in [1.807, 2.05) is 14.2 Å². The van der Waals surface area contributed by atoms with Gasteiger partial charge >= 0.3 is 0 Å². The van der Waals surface area contributed by atoms with E-state index >= 15 is 0 Å². The summed E-state index contributed by atoms with van der Waals surface area (Å²) in [5.74, 6) is 0. The number of nitrogens with one attached hydrogen (secondary N) is 1. The Morgan fingerprint density at radius 1 is 1.50 bits per heavy atom. The van der Waals surface area contributed by atoms with E-state index in [4.69, 9.17) is 4.74 Å². The van der Waals surface area contributed by atoms with Crippen LogP contribution in [0.5, 0.6) is 0 Å². The number of ether oxygens (including phenoxy) is 1. The summed E-state index contributed by atoms with van der Waals surface area (Å²) in [5, 5.41) is 3.36. The molecule has 3 heteroatoms. The first kappa shape index (κ1) is 13.9. The molecule has 1 fully saturated rings. The molecule has 1 N–H and O–H groups in total. The highest BCUT2D eigenvalue weighted by Crippen LogP contribution is 2.24. The molecule has 0 aliphatic carbocycles. The van der Waals surface area contributed by atoms with E-state index in [1.165, 1.54) is 19.4 Å². The van der Waals surface area contributed by atoms with Gasteiger partial charge in [0.2, 0.25) is 0 Å². The topological polar surface area (TPSA) is 24.5 Å². The highest BCUT2D eigenvalue weighted by atomic mass is 16.5. The molecule has 16 heavy (non-hydrogen) atoms. The standard InChI is InChI=1S/C13H28N2O/c1-11(14-4)13(2,3)10-15-8-6-7-12(9-15)16-5/h11-12,14H,6-10H2,1-5H3. The van der Waals surface area contributed by atoms with Gasteiger partial charge in [0, 0.05) is 26.2 Å². The largest absolute Gasteiger partial charge is 0.380 e. The number of rotatable bonds is 5. The lowest BCUT2D eigenvalue weighted by Crippen LogP contribution is -2.49. The molecular formula is C13H28N2O. The molecule has 0 radical (unpaired) electrons. The van der Waals surface area contributed by atoms with E-state index in [1.54, 1.807) is 0 Å². The van der Waals surface area contributed by atoms with Crippen molar-refractivity contribution < 1.29 is 4.74 Å². The summed E-state index contributed by atoms with van der Waals surface area (Å²) in [6.45, 7) is 10.4. The predicted octanol–water partition coefficient (Wildman–Crippen LogP) is 1.73. The van der Waals surface area contributed by atoms with Gasteiger partial charge in [-0.05, 0) is 38.8 Å². The molecule has 2 atom stereocenters. The third-order valence-corrected chi connectivity index (χ3v) is 4.03. The van der Waals surface area contributed by atoms with E-state index in [9.17, 15) is 0 Å². The third kappa shape index (κ3) is 3.72. The molecule has 0 bridgehead atoms. The first-order valence-corrected chi connectivity index (χ1v) is 6.42.